The van der Waals surface area contributed by atoms with Gasteiger partial charge in [-0.1, -0.05) is 59.4 Å². The van der Waals surface area contributed by atoms with E-state index in [-0.39, 0.29) is 11.5 Å². The smallest absolute Gasteiger partial charge is 0.271 e. The number of aromatic nitrogens is 1. The molecule has 0 spiro atoms. The summed E-state index contributed by atoms with van der Waals surface area (Å²) in [6.07, 6.45) is 1.86. The Morgan fingerprint density at radius 3 is 2.42 bits per heavy atom. The summed E-state index contributed by atoms with van der Waals surface area (Å²) in [4.78, 5) is 32.8. The number of hydrogen-bond acceptors (Lipinski definition) is 6. The molecule has 192 valence electrons. The number of carbonyl (C=O) groups excluding carboxylic acids is 1. The summed E-state index contributed by atoms with van der Waals surface area (Å²) >= 11 is 1.30. The van der Waals surface area contributed by atoms with Gasteiger partial charge in [-0.2, -0.15) is 0 Å². The van der Waals surface area contributed by atoms with Gasteiger partial charge in [-0.15, -0.1) is 0 Å². The van der Waals surface area contributed by atoms with Crippen molar-refractivity contribution < 1.29 is 14.3 Å². The van der Waals surface area contributed by atoms with Crippen LogP contribution in [0.3, 0.4) is 0 Å². The molecular formula is C30H27N3O4S. The first-order chi connectivity index (χ1) is 18.4. The number of nitrogens with zero attached hydrogens (tertiary/aromatic N) is 2. The van der Waals surface area contributed by atoms with E-state index in [1.165, 1.54) is 11.3 Å². The lowest BCUT2D eigenvalue weighted by atomic mass is 9.94. The van der Waals surface area contributed by atoms with Gasteiger partial charge in [-0.25, -0.2) is 4.99 Å². The number of methoxy groups -OCH3 is 2. The number of carbonyl (C=O) groups is 1. The summed E-state index contributed by atoms with van der Waals surface area (Å²) < 4.78 is 13.2. The zero-order valence-electron chi connectivity index (χ0n) is 21.5. The van der Waals surface area contributed by atoms with E-state index in [0.29, 0.717) is 43.4 Å². The third kappa shape index (κ3) is 4.78. The summed E-state index contributed by atoms with van der Waals surface area (Å²) in [6, 6.07) is 21.8. The van der Waals surface area contributed by atoms with E-state index < -0.39 is 6.04 Å². The number of rotatable bonds is 6. The number of para-hydroxylation sites is 1. The number of benzene rings is 3. The SMILES string of the molecule is COc1ccc([C@@H]2C(C(=O)Nc3ccccc3)=C(C)N=c3s/c(=C\c4ccc(C)cc4)c(=O)n32)c(OC)c1. The number of ether oxygens (including phenoxy) is 2. The molecule has 2 heterocycles. The topological polar surface area (TPSA) is 81.9 Å². The minimum atomic E-state index is -0.754. The first kappa shape index (κ1) is 25.2. The molecule has 0 fully saturated rings. The number of hydrogen-bond donors (Lipinski definition) is 1. The van der Waals surface area contributed by atoms with E-state index in [4.69, 9.17) is 14.5 Å². The lowest BCUT2D eigenvalue weighted by Crippen LogP contribution is -2.40. The summed E-state index contributed by atoms with van der Waals surface area (Å²) in [5, 5.41) is 2.96. The van der Waals surface area contributed by atoms with Crippen molar-refractivity contribution in [1.82, 2.24) is 4.57 Å². The monoisotopic (exact) mass is 525 g/mol. The quantitative estimate of drug-likeness (QED) is 0.409. The molecule has 4 aromatic rings. The highest BCUT2D eigenvalue weighted by molar-refractivity contribution is 7.07. The van der Waals surface area contributed by atoms with Gasteiger partial charge in [0.05, 0.1) is 30.0 Å². The van der Waals surface area contributed by atoms with Gasteiger partial charge in [0.1, 0.15) is 17.5 Å². The molecule has 3 aromatic carbocycles. The third-order valence-corrected chi connectivity index (χ3v) is 7.39. The van der Waals surface area contributed by atoms with Crippen LogP contribution in [0.1, 0.15) is 29.7 Å². The van der Waals surface area contributed by atoms with Gasteiger partial charge in [-0.05, 0) is 49.8 Å². The molecule has 1 aliphatic heterocycles. The van der Waals surface area contributed by atoms with Crippen LogP contribution < -0.4 is 29.7 Å². The fourth-order valence-corrected chi connectivity index (χ4v) is 5.53. The van der Waals surface area contributed by atoms with Crippen LogP contribution in [0.25, 0.3) is 6.08 Å². The second-order valence-electron chi connectivity index (χ2n) is 8.92. The molecule has 1 aliphatic rings. The highest BCUT2D eigenvalue weighted by atomic mass is 32.1. The Morgan fingerprint density at radius 1 is 1.00 bits per heavy atom. The van der Waals surface area contributed by atoms with Crippen LogP contribution in [0, 0.1) is 6.92 Å². The van der Waals surface area contributed by atoms with E-state index in [9.17, 15) is 9.59 Å². The van der Waals surface area contributed by atoms with Crippen LogP contribution in [0.5, 0.6) is 11.5 Å². The van der Waals surface area contributed by atoms with Crippen LogP contribution in [0.2, 0.25) is 0 Å². The molecule has 5 rings (SSSR count). The van der Waals surface area contributed by atoms with E-state index in [1.54, 1.807) is 37.8 Å². The van der Waals surface area contributed by atoms with Gasteiger partial charge in [0, 0.05) is 17.3 Å². The number of fused-ring (bicyclic) bond motifs is 1. The molecule has 1 aromatic heterocycles. The predicted molar refractivity (Wildman–Crippen MR) is 150 cm³/mol. The van der Waals surface area contributed by atoms with Gasteiger partial charge in [-0.3, -0.25) is 14.2 Å². The molecule has 0 saturated heterocycles. The predicted octanol–water partition coefficient (Wildman–Crippen LogP) is 4.20. The van der Waals surface area contributed by atoms with E-state index in [0.717, 1.165) is 11.1 Å². The van der Waals surface area contributed by atoms with Gasteiger partial charge in [0.15, 0.2) is 4.80 Å². The van der Waals surface area contributed by atoms with E-state index in [2.05, 4.69) is 5.32 Å². The molecule has 1 N–H and O–H groups in total. The Bertz CT molecular complexity index is 1720. The van der Waals surface area contributed by atoms with Crippen LogP contribution in [-0.2, 0) is 4.79 Å². The van der Waals surface area contributed by atoms with Gasteiger partial charge >= 0.3 is 0 Å². The van der Waals surface area contributed by atoms with Gasteiger partial charge < -0.3 is 14.8 Å². The molecule has 1 atom stereocenters. The van der Waals surface area contributed by atoms with Crippen molar-refractivity contribution in [2.45, 2.75) is 19.9 Å². The minimum Gasteiger partial charge on any atom is -0.497 e. The molecule has 0 bridgehead atoms. The molecule has 0 saturated carbocycles. The zero-order valence-corrected chi connectivity index (χ0v) is 22.3. The molecule has 7 nitrogen and oxygen atoms in total. The fourth-order valence-electron chi connectivity index (χ4n) is 4.48. The molecule has 1 amide bonds. The Hall–Kier alpha value is -4.43. The second kappa shape index (κ2) is 10.5. The lowest BCUT2D eigenvalue weighted by molar-refractivity contribution is -0.113. The van der Waals surface area contributed by atoms with Crippen LogP contribution in [0.4, 0.5) is 5.69 Å². The Morgan fingerprint density at radius 2 is 1.74 bits per heavy atom. The zero-order chi connectivity index (χ0) is 26.8. The average molecular weight is 526 g/mol. The average Bonchev–Trinajstić information content (AvgIpc) is 3.23. The number of nitrogens with one attached hydrogen (secondary N) is 1. The largest absolute Gasteiger partial charge is 0.497 e. The lowest BCUT2D eigenvalue weighted by Gasteiger charge is -2.26. The van der Waals surface area contributed by atoms with Crippen LogP contribution in [0.15, 0.2) is 93.9 Å². The van der Waals surface area contributed by atoms with Crippen molar-refractivity contribution in [2.75, 3.05) is 19.5 Å². The third-order valence-electron chi connectivity index (χ3n) is 6.41. The molecule has 0 unspecified atom stereocenters. The maximum absolute atomic E-state index is 13.9. The Labute approximate surface area is 224 Å². The van der Waals surface area contributed by atoms with E-state index in [1.807, 2.05) is 73.7 Å². The number of amides is 1. The first-order valence-electron chi connectivity index (χ1n) is 12.1. The Balaban J connectivity index is 1.72. The normalized spacial score (nSPS) is 15.1. The molecule has 8 heteroatoms. The van der Waals surface area contributed by atoms with Crippen LogP contribution >= 0.6 is 11.3 Å². The molecule has 38 heavy (non-hydrogen) atoms. The van der Waals surface area contributed by atoms with Crippen molar-refractivity contribution in [1.29, 1.82) is 0 Å². The molecular weight excluding hydrogens is 498 g/mol. The number of anilines is 1. The Kier molecular flexibility index (Phi) is 6.98. The van der Waals surface area contributed by atoms with Gasteiger partial charge in [0.25, 0.3) is 11.5 Å². The highest BCUT2D eigenvalue weighted by Gasteiger charge is 2.34. The maximum atomic E-state index is 13.9. The summed E-state index contributed by atoms with van der Waals surface area (Å²) in [5.41, 5.74) is 4.03. The van der Waals surface area contributed by atoms with E-state index >= 15 is 0 Å². The minimum absolute atomic E-state index is 0.227. The number of allylic oxidation sites excluding steroid dienone is 1. The highest BCUT2D eigenvalue weighted by Crippen LogP contribution is 2.37. The second-order valence-corrected chi connectivity index (χ2v) is 9.93. The van der Waals surface area contributed by atoms with Gasteiger partial charge in [0.2, 0.25) is 0 Å². The standard InChI is InChI=1S/C30H27N3O4S/c1-18-10-12-20(13-11-18)16-25-29(35)33-27(23-15-14-22(36-3)17-24(23)37-4)26(19(2)31-30(33)38-25)28(34)32-21-8-6-5-7-9-21/h5-17,27H,1-4H3,(H,32,34)/b25-16-/t27-/m1/s1. The number of aryl methyl sites for hydroxylation is 1. The fraction of sp³-hybridized carbons (Fsp3) is 0.167. The van der Waals surface area contributed by atoms with Crippen molar-refractivity contribution in [3.63, 3.8) is 0 Å². The summed E-state index contributed by atoms with van der Waals surface area (Å²) in [7, 11) is 3.13. The van der Waals surface area contributed by atoms with Crippen LogP contribution in [-0.4, -0.2) is 24.7 Å². The number of thiazole rings is 1. The van der Waals surface area contributed by atoms with Crippen molar-refractivity contribution >= 4 is 29.0 Å². The maximum Gasteiger partial charge on any atom is 0.271 e. The summed E-state index contributed by atoms with van der Waals surface area (Å²) in [5.74, 6) is 0.767. The van der Waals surface area contributed by atoms with Crippen molar-refractivity contribution in [3.05, 3.63) is 120 Å². The molecule has 0 aliphatic carbocycles. The molecule has 0 radical (unpaired) electrons. The van der Waals surface area contributed by atoms with Crippen molar-refractivity contribution in [2.24, 2.45) is 4.99 Å². The van der Waals surface area contributed by atoms with Crippen molar-refractivity contribution in [3.8, 4) is 11.5 Å². The first-order valence-corrected chi connectivity index (χ1v) is 12.9. The summed E-state index contributed by atoms with van der Waals surface area (Å²) in [6.45, 7) is 3.81.